The van der Waals surface area contributed by atoms with Gasteiger partial charge in [0.25, 0.3) is 0 Å². The van der Waals surface area contributed by atoms with E-state index in [0.29, 0.717) is 6.54 Å². The molecule has 2 rings (SSSR count). The highest BCUT2D eigenvalue weighted by Crippen LogP contribution is 2.18. The fourth-order valence-corrected chi connectivity index (χ4v) is 2.60. The second-order valence-corrected chi connectivity index (χ2v) is 5.48. The van der Waals surface area contributed by atoms with Crippen molar-refractivity contribution in [2.45, 2.75) is 25.8 Å². The highest BCUT2D eigenvalue weighted by molar-refractivity contribution is 6.01. The van der Waals surface area contributed by atoms with Crippen LogP contribution in [-0.2, 0) is 11.2 Å². The standard InChI is InChI=1S/C16H23N3O2/c1-4-5-12-6-8-13(9-7-12)14(17-2)10-19-15(20)11-18(3)16(19)21/h6-9,14,17H,4-5,10-11H2,1-3H3. The summed E-state index contributed by atoms with van der Waals surface area (Å²) in [6.45, 7) is 2.70. The third kappa shape index (κ3) is 3.42. The average Bonchev–Trinajstić information content (AvgIpc) is 2.72. The summed E-state index contributed by atoms with van der Waals surface area (Å²) in [5.74, 6) is -0.134. The SMILES string of the molecule is CCCc1ccc(C(CN2C(=O)CN(C)C2=O)NC)cc1. The minimum absolute atomic E-state index is 0.0416. The van der Waals surface area contributed by atoms with Crippen LogP contribution in [0.4, 0.5) is 4.79 Å². The highest BCUT2D eigenvalue weighted by atomic mass is 16.2. The molecule has 5 heteroatoms. The van der Waals surface area contributed by atoms with Crippen molar-refractivity contribution in [3.8, 4) is 0 Å². The van der Waals surface area contributed by atoms with E-state index in [1.807, 2.05) is 7.05 Å². The Hall–Kier alpha value is -1.88. The van der Waals surface area contributed by atoms with Gasteiger partial charge in [-0.15, -0.1) is 0 Å². The van der Waals surface area contributed by atoms with Crippen molar-refractivity contribution in [1.29, 1.82) is 0 Å². The topological polar surface area (TPSA) is 52.7 Å². The van der Waals surface area contributed by atoms with Crippen LogP contribution in [0.15, 0.2) is 24.3 Å². The molecule has 3 amide bonds. The Morgan fingerprint density at radius 2 is 1.90 bits per heavy atom. The van der Waals surface area contributed by atoms with Crippen molar-refractivity contribution in [2.24, 2.45) is 0 Å². The minimum atomic E-state index is -0.220. The Morgan fingerprint density at radius 3 is 2.38 bits per heavy atom. The zero-order valence-corrected chi connectivity index (χ0v) is 12.9. The van der Waals surface area contributed by atoms with E-state index in [0.717, 1.165) is 18.4 Å². The van der Waals surface area contributed by atoms with Crippen LogP contribution in [0.2, 0.25) is 0 Å². The van der Waals surface area contributed by atoms with E-state index in [4.69, 9.17) is 0 Å². The maximum atomic E-state index is 11.9. The van der Waals surface area contributed by atoms with Gasteiger partial charge >= 0.3 is 6.03 Å². The number of rotatable bonds is 6. The molecule has 5 nitrogen and oxygen atoms in total. The third-order valence-electron chi connectivity index (χ3n) is 3.87. The first-order chi connectivity index (χ1) is 10.1. The summed E-state index contributed by atoms with van der Waals surface area (Å²) >= 11 is 0. The number of carbonyl (C=O) groups excluding carboxylic acids is 2. The fraction of sp³-hybridized carbons (Fsp3) is 0.500. The molecule has 114 valence electrons. The van der Waals surface area contributed by atoms with E-state index in [2.05, 4.69) is 36.5 Å². The molecule has 0 bridgehead atoms. The van der Waals surface area contributed by atoms with Crippen LogP contribution >= 0.6 is 0 Å². The van der Waals surface area contributed by atoms with Gasteiger partial charge in [0, 0.05) is 13.6 Å². The zero-order valence-electron chi connectivity index (χ0n) is 12.9. The molecule has 1 N–H and O–H groups in total. The van der Waals surface area contributed by atoms with Crippen LogP contribution in [0.5, 0.6) is 0 Å². The molecule has 1 aliphatic rings. The van der Waals surface area contributed by atoms with Crippen molar-refractivity contribution in [3.05, 3.63) is 35.4 Å². The summed E-state index contributed by atoms with van der Waals surface area (Å²) in [6.07, 6.45) is 2.19. The Morgan fingerprint density at radius 1 is 1.24 bits per heavy atom. The first kappa shape index (κ1) is 15.5. The van der Waals surface area contributed by atoms with Gasteiger partial charge in [-0.3, -0.25) is 9.69 Å². The maximum absolute atomic E-state index is 11.9. The van der Waals surface area contributed by atoms with Crippen LogP contribution in [0.25, 0.3) is 0 Å². The van der Waals surface area contributed by atoms with Gasteiger partial charge in [0.15, 0.2) is 0 Å². The number of imide groups is 1. The van der Waals surface area contributed by atoms with Crippen molar-refractivity contribution >= 4 is 11.9 Å². The highest BCUT2D eigenvalue weighted by Gasteiger charge is 2.34. The lowest BCUT2D eigenvalue weighted by Gasteiger charge is -2.22. The largest absolute Gasteiger partial charge is 0.327 e. The number of amides is 3. The van der Waals surface area contributed by atoms with Gasteiger partial charge in [-0.05, 0) is 24.6 Å². The molecule has 1 aromatic carbocycles. The van der Waals surface area contributed by atoms with Gasteiger partial charge in [0.1, 0.15) is 6.54 Å². The van der Waals surface area contributed by atoms with E-state index in [-0.39, 0.29) is 24.5 Å². The third-order valence-corrected chi connectivity index (χ3v) is 3.87. The van der Waals surface area contributed by atoms with Crippen LogP contribution in [0.3, 0.4) is 0 Å². The Balaban J connectivity index is 2.09. The Kier molecular flexibility index (Phi) is 4.96. The molecule has 1 fully saturated rings. The number of benzene rings is 1. The van der Waals surface area contributed by atoms with Crippen LogP contribution < -0.4 is 5.32 Å². The number of hydrogen-bond donors (Lipinski definition) is 1. The van der Waals surface area contributed by atoms with Crippen molar-refractivity contribution in [1.82, 2.24) is 15.1 Å². The monoisotopic (exact) mass is 289 g/mol. The van der Waals surface area contributed by atoms with E-state index in [9.17, 15) is 9.59 Å². The zero-order chi connectivity index (χ0) is 15.4. The summed E-state index contributed by atoms with van der Waals surface area (Å²) in [4.78, 5) is 26.6. The molecule has 1 aliphatic heterocycles. The minimum Gasteiger partial charge on any atom is -0.318 e. The molecule has 21 heavy (non-hydrogen) atoms. The lowest BCUT2D eigenvalue weighted by molar-refractivity contribution is -0.125. The predicted octanol–water partition coefficient (Wildman–Crippen LogP) is 1.79. The molecule has 0 aromatic heterocycles. The number of nitrogens with one attached hydrogen (secondary N) is 1. The number of likely N-dealkylation sites (N-methyl/N-ethyl adjacent to an activating group) is 2. The summed E-state index contributed by atoms with van der Waals surface area (Å²) in [5.41, 5.74) is 2.40. The molecule has 0 radical (unpaired) electrons. The van der Waals surface area contributed by atoms with E-state index >= 15 is 0 Å². The predicted molar refractivity (Wildman–Crippen MR) is 82.0 cm³/mol. The van der Waals surface area contributed by atoms with E-state index in [1.165, 1.54) is 15.4 Å². The molecule has 1 unspecified atom stereocenters. The van der Waals surface area contributed by atoms with Crippen molar-refractivity contribution < 1.29 is 9.59 Å². The fourth-order valence-electron chi connectivity index (χ4n) is 2.60. The molecular weight excluding hydrogens is 266 g/mol. The van der Waals surface area contributed by atoms with Gasteiger partial charge in [-0.2, -0.15) is 0 Å². The second kappa shape index (κ2) is 6.72. The van der Waals surface area contributed by atoms with Gasteiger partial charge in [-0.1, -0.05) is 37.6 Å². The quantitative estimate of drug-likeness (QED) is 0.812. The summed E-state index contributed by atoms with van der Waals surface area (Å²) < 4.78 is 0. The average molecular weight is 289 g/mol. The van der Waals surface area contributed by atoms with E-state index < -0.39 is 0 Å². The summed E-state index contributed by atoms with van der Waals surface area (Å²) in [7, 11) is 3.49. The van der Waals surface area contributed by atoms with Crippen LogP contribution in [0, 0.1) is 0 Å². The number of urea groups is 1. The van der Waals surface area contributed by atoms with Crippen molar-refractivity contribution in [3.63, 3.8) is 0 Å². The van der Waals surface area contributed by atoms with E-state index in [1.54, 1.807) is 7.05 Å². The summed E-state index contributed by atoms with van der Waals surface area (Å²) in [5, 5.41) is 3.19. The number of nitrogens with zero attached hydrogens (tertiary/aromatic N) is 2. The lowest BCUT2D eigenvalue weighted by atomic mass is 10.0. The van der Waals surface area contributed by atoms with Gasteiger partial charge < -0.3 is 10.2 Å². The molecule has 1 aromatic rings. The van der Waals surface area contributed by atoms with Gasteiger partial charge in [-0.25, -0.2) is 4.79 Å². The molecule has 1 heterocycles. The first-order valence-corrected chi connectivity index (χ1v) is 7.38. The number of hydrogen-bond acceptors (Lipinski definition) is 3. The molecule has 0 spiro atoms. The molecule has 0 aliphatic carbocycles. The molecule has 0 saturated carbocycles. The maximum Gasteiger partial charge on any atom is 0.327 e. The first-order valence-electron chi connectivity index (χ1n) is 7.38. The lowest BCUT2D eigenvalue weighted by Crippen LogP contribution is -2.38. The molecule has 1 saturated heterocycles. The van der Waals surface area contributed by atoms with Crippen LogP contribution in [0.1, 0.15) is 30.5 Å². The second-order valence-electron chi connectivity index (χ2n) is 5.48. The molecule has 1 atom stereocenters. The number of aryl methyl sites for hydroxylation is 1. The van der Waals surface area contributed by atoms with Gasteiger partial charge in [0.05, 0.1) is 6.04 Å². The summed E-state index contributed by atoms with van der Waals surface area (Å²) in [6, 6.07) is 8.11. The normalized spacial score (nSPS) is 16.7. The van der Waals surface area contributed by atoms with Crippen molar-refractivity contribution in [2.75, 3.05) is 27.2 Å². The van der Waals surface area contributed by atoms with Crippen LogP contribution in [-0.4, -0.2) is 48.9 Å². The molecular formula is C16H23N3O2. The smallest absolute Gasteiger partial charge is 0.318 e. The Labute approximate surface area is 125 Å². The Bertz CT molecular complexity index is 513. The van der Waals surface area contributed by atoms with Gasteiger partial charge in [0.2, 0.25) is 5.91 Å². The number of carbonyl (C=O) groups is 2.